The first-order valence-corrected chi connectivity index (χ1v) is 10.4. The molecule has 5 nitrogen and oxygen atoms in total. The van der Waals surface area contributed by atoms with E-state index in [1.807, 2.05) is 6.92 Å². The Labute approximate surface area is 143 Å². The van der Waals surface area contributed by atoms with Crippen LogP contribution in [0.25, 0.3) is 0 Å². The van der Waals surface area contributed by atoms with Crippen molar-refractivity contribution < 1.29 is 17.9 Å². The number of benzene rings is 1. The molecule has 2 aliphatic heterocycles. The summed E-state index contributed by atoms with van der Waals surface area (Å²) in [4.78, 5) is 12.2. The molecule has 3 rings (SSSR count). The summed E-state index contributed by atoms with van der Waals surface area (Å²) in [6.07, 6.45) is 3.06. The first-order chi connectivity index (χ1) is 11.4. The number of ether oxygens (including phenoxy) is 1. The first kappa shape index (κ1) is 17.4. The third kappa shape index (κ3) is 4.36. The minimum absolute atomic E-state index is 0.0116. The molecule has 0 unspecified atom stereocenters. The Morgan fingerprint density at radius 1 is 1.33 bits per heavy atom. The van der Waals surface area contributed by atoms with Crippen molar-refractivity contribution in [3.8, 4) is 0 Å². The Kier molecular flexibility index (Phi) is 4.97. The van der Waals surface area contributed by atoms with Gasteiger partial charge in [-0.25, -0.2) is 8.42 Å². The van der Waals surface area contributed by atoms with Crippen molar-refractivity contribution in [2.45, 2.75) is 50.7 Å². The monoisotopic (exact) mass is 351 g/mol. The van der Waals surface area contributed by atoms with Crippen molar-refractivity contribution in [2.24, 2.45) is 0 Å². The van der Waals surface area contributed by atoms with Crippen LogP contribution < -0.4 is 5.32 Å². The lowest BCUT2D eigenvalue weighted by atomic mass is 9.90. The summed E-state index contributed by atoms with van der Waals surface area (Å²) in [5, 5.41) is 3.07. The SMILES string of the molecule is Cc1ccc(CCC(=O)N[C@H]2CCO[C@@]3(CCS(=O)(=O)C3)C2)cc1. The number of carbonyl (C=O) groups excluding carboxylic acids is 1. The third-order valence-electron chi connectivity index (χ3n) is 4.97. The quantitative estimate of drug-likeness (QED) is 0.897. The number of carbonyl (C=O) groups is 1. The van der Waals surface area contributed by atoms with Crippen molar-refractivity contribution in [3.05, 3.63) is 35.4 Å². The standard InChI is InChI=1S/C18H25NO4S/c1-14-2-4-15(5-3-14)6-7-17(20)19-16-8-10-23-18(12-16)9-11-24(21,22)13-18/h2-5,16H,6-13H2,1H3,(H,19,20)/t16-,18-/m0/s1. The van der Waals surface area contributed by atoms with E-state index >= 15 is 0 Å². The molecule has 1 amide bonds. The number of nitrogens with one attached hydrogen (secondary N) is 1. The highest BCUT2D eigenvalue weighted by atomic mass is 32.2. The summed E-state index contributed by atoms with van der Waals surface area (Å²) in [6, 6.07) is 8.22. The van der Waals surface area contributed by atoms with Gasteiger partial charge in [-0.3, -0.25) is 4.79 Å². The first-order valence-electron chi connectivity index (χ1n) is 8.55. The molecule has 2 heterocycles. The maximum Gasteiger partial charge on any atom is 0.220 e. The van der Waals surface area contributed by atoms with E-state index in [-0.39, 0.29) is 23.5 Å². The summed E-state index contributed by atoms with van der Waals surface area (Å²) < 4.78 is 29.3. The second kappa shape index (κ2) is 6.84. The number of aryl methyl sites for hydroxylation is 2. The third-order valence-corrected chi connectivity index (χ3v) is 6.76. The van der Waals surface area contributed by atoms with Crippen LogP contribution in [-0.2, 0) is 25.8 Å². The van der Waals surface area contributed by atoms with Crippen molar-refractivity contribution in [3.63, 3.8) is 0 Å². The van der Waals surface area contributed by atoms with E-state index in [9.17, 15) is 13.2 Å². The lowest BCUT2D eigenvalue weighted by Crippen LogP contribution is -2.49. The highest BCUT2D eigenvalue weighted by Gasteiger charge is 2.46. The van der Waals surface area contributed by atoms with Crippen LogP contribution in [0, 0.1) is 6.92 Å². The average Bonchev–Trinajstić information content (AvgIpc) is 2.81. The van der Waals surface area contributed by atoms with Crippen molar-refractivity contribution in [1.29, 1.82) is 0 Å². The zero-order valence-corrected chi connectivity index (χ0v) is 14.9. The molecular weight excluding hydrogens is 326 g/mol. The molecule has 2 fully saturated rings. The molecule has 1 N–H and O–H groups in total. The van der Waals surface area contributed by atoms with Crippen LogP contribution in [0.4, 0.5) is 0 Å². The number of hydrogen-bond donors (Lipinski definition) is 1. The number of sulfone groups is 1. The van der Waals surface area contributed by atoms with Crippen molar-refractivity contribution in [1.82, 2.24) is 5.32 Å². The maximum absolute atomic E-state index is 12.2. The molecule has 0 saturated carbocycles. The van der Waals surface area contributed by atoms with Crippen LogP contribution in [-0.4, -0.2) is 44.1 Å². The Hall–Kier alpha value is -1.40. The molecule has 2 aliphatic rings. The fraction of sp³-hybridized carbons (Fsp3) is 0.611. The summed E-state index contributed by atoms with van der Waals surface area (Å²) in [6.45, 7) is 2.55. The fourth-order valence-electron chi connectivity index (χ4n) is 3.62. The van der Waals surface area contributed by atoms with Gasteiger partial charge in [0.2, 0.25) is 5.91 Å². The normalized spacial score (nSPS) is 28.8. The lowest BCUT2D eigenvalue weighted by Gasteiger charge is -2.37. The van der Waals surface area contributed by atoms with Gasteiger partial charge in [-0.05, 0) is 38.2 Å². The minimum atomic E-state index is -2.99. The molecular formula is C18H25NO4S. The van der Waals surface area contributed by atoms with Crippen LogP contribution in [0.15, 0.2) is 24.3 Å². The second-order valence-corrected chi connectivity index (χ2v) is 9.30. The zero-order chi connectivity index (χ0) is 17.2. The van der Waals surface area contributed by atoms with Crippen LogP contribution in [0.1, 0.15) is 36.8 Å². The minimum Gasteiger partial charge on any atom is -0.374 e. The highest BCUT2D eigenvalue weighted by Crippen LogP contribution is 2.35. The molecule has 0 radical (unpaired) electrons. The summed E-state index contributed by atoms with van der Waals surface area (Å²) in [7, 11) is -2.99. The predicted molar refractivity (Wildman–Crippen MR) is 92.6 cm³/mol. The largest absolute Gasteiger partial charge is 0.374 e. The van der Waals surface area contributed by atoms with Gasteiger partial charge in [0, 0.05) is 19.1 Å². The van der Waals surface area contributed by atoms with E-state index in [1.165, 1.54) is 5.56 Å². The van der Waals surface area contributed by atoms with Crippen LogP contribution in [0.3, 0.4) is 0 Å². The maximum atomic E-state index is 12.2. The number of amides is 1. The van der Waals surface area contributed by atoms with E-state index in [0.717, 1.165) is 18.4 Å². The van der Waals surface area contributed by atoms with Gasteiger partial charge in [-0.15, -0.1) is 0 Å². The van der Waals surface area contributed by atoms with E-state index in [4.69, 9.17) is 4.74 Å². The molecule has 1 aromatic carbocycles. The summed E-state index contributed by atoms with van der Waals surface area (Å²) in [5.74, 6) is 0.315. The van der Waals surface area contributed by atoms with Crippen LogP contribution in [0.5, 0.6) is 0 Å². The summed E-state index contributed by atoms with van der Waals surface area (Å²) in [5.41, 5.74) is 1.79. The van der Waals surface area contributed by atoms with Gasteiger partial charge in [0.1, 0.15) is 0 Å². The van der Waals surface area contributed by atoms with E-state index < -0.39 is 15.4 Å². The molecule has 132 valence electrons. The van der Waals surface area contributed by atoms with Gasteiger partial charge < -0.3 is 10.1 Å². The van der Waals surface area contributed by atoms with Gasteiger partial charge in [-0.2, -0.15) is 0 Å². The van der Waals surface area contributed by atoms with Gasteiger partial charge >= 0.3 is 0 Å². The Morgan fingerprint density at radius 3 is 2.75 bits per heavy atom. The molecule has 0 aliphatic carbocycles. The molecule has 1 spiro atoms. The lowest BCUT2D eigenvalue weighted by molar-refractivity contribution is -0.124. The Balaban J connectivity index is 1.50. The molecule has 0 aromatic heterocycles. The van der Waals surface area contributed by atoms with Crippen LogP contribution >= 0.6 is 0 Å². The smallest absolute Gasteiger partial charge is 0.220 e. The molecule has 2 atom stereocenters. The zero-order valence-electron chi connectivity index (χ0n) is 14.1. The van der Waals surface area contributed by atoms with Crippen LogP contribution in [0.2, 0.25) is 0 Å². The van der Waals surface area contributed by atoms with Gasteiger partial charge in [0.15, 0.2) is 9.84 Å². The van der Waals surface area contributed by atoms with Crippen molar-refractivity contribution >= 4 is 15.7 Å². The molecule has 24 heavy (non-hydrogen) atoms. The van der Waals surface area contributed by atoms with Crippen molar-refractivity contribution in [2.75, 3.05) is 18.1 Å². The van der Waals surface area contributed by atoms with E-state index in [2.05, 4.69) is 29.6 Å². The predicted octanol–water partition coefficient (Wildman–Crippen LogP) is 1.78. The number of hydrogen-bond acceptors (Lipinski definition) is 4. The molecule has 1 aromatic rings. The Bertz CT molecular complexity index is 698. The van der Waals surface area contributed by atoms with Gasteiger partial charge in [-0.1, -0.05) is 29.8 Å². The van der Waals surface area contributed by atoms with Gasteiger partial charge in [0.05, 0.1) is 17.1 Å². The Morgan fingerprint density at radius 2 is 2.08 bits per heavy atom. The van der Waals surface area contributed by atoms with Gasteiger partial charge in [0.25, 0.3) is 0 Å². The van der Waals surface area contributed by atoms with E-state index in [0.29, 0.717) is 25.9 Å². The molecule has 6 heteroatoms. The second-order valence-electron chi connectivity index (χ2n) is 7.12. The highest BCUT2D eigenvalue weighted by molar-refractivity contribution is 7.91. The topological polar surface area (TPSA) is 72.5 Å². The van der Waals surface area contributed by atoms with E-state index in [1.54, 1.807) is 0 Å². The fourth-order valence-corrected chi connectivity index (χ4v) is 5.60. The average molecular weight is 351 g/mol. The molecule has 2 saturated heterocycles. The molecule has 0 bridgehead atoms. The summed E-state index contributed by atoms with van der Waals surface area (Å²) >= 11 is 0. The number of rotatable bonds is 4.